The zero-order chi connectivity index (χ0) is 5.91. The van der Waals surface area contributed by atoms with E-state index in [-0.39, 0.29) is 70.6 Å². The third-order valence-corrected chi connectivity index (χ3v) is 1.57. The average molecular weight is 188 g/mol. The molecule has 0 saturated heterocycles. The second-order valence-corrected chi connectivity index (χ2v) is 2.96. The van der Waals surface area contributed by atoms with E-state index in [0.29, 0.717) is 0 Å². The molecule has 0 atom stereocenters. The molecule has 0 aromatic carbocycles. The SMILES string of the molecule is O=S(=O)([O-])CCS.[Na+].[NaH]. The molecule has 0 spiro atoms. The molecule has 0 radical (unpaired) electrons. The standard InChI is InChI=1S/C2H6O3S2.2Na.H/c3-7(4,5)2-1-6;;;/h6H,1-2H2,(H,3,4,5);;;/q;;+1;/p-1. The van der Waals surface area contributed by atoms with E-state index >= 15 is 0 Å². The van der Waals surface area contributed by atoms with Crippen molar-refractivity contribution in [1.82, 2.24) is 0 Å². The van der Waals surface area contributed by atoms with E-state index in [0.717, 1.165) is 0 Å². The first kappa shape index (κ1) is 17.4. The first-order chi connectivity index (χ1) is 3.06. The molecule has 0 unspecified atom stereocenters. The third kappa shape index (κ3) is 17.9. The van der Waals surface area contributed by atoms with Gasteiger partial charge in [0.05, 0.1) is 10.1 Å². The Morgan fingerprint density at radius 2 is 1.78 bits per heavy atom. The van der Waals surface area contributed by atoms with Gasteiger partial charge in [0.15, 0.2) is 0 Å². The summed E-state index contributed by atoms with van der Waals surface area (Å²) in [6, 6.07) is 0. The first-order valence-electron chi connectivity index (χ1n) is 1.60. The van der Waals surface area contributed by atoms with Crippen LogP contribution in [-0.4, -0.2) is 54.0 Å². The van der Waals surface area contributed by atoms with Gasteiger partial charge in [-0.1, -0.05) is 0 Å². The molecule has 7 heteroatoms. The monoisotopic (exact) mass is 188 g/mol. The van der Waals surface area contributed by atoms with Gasteiger partial charge in [0.2, 0.25) is 0 Å². The van der Waals surface area contributed by atoms with Gasteiger partial charge in [0, 0.05) is 11.5 Å². The number of thiol groups is 1. The predicted octanol–water partition coefficient (Wildman–Crippen LogP) is -4.18. The summed E-state index contributed by atoms with van der Waals surface area (Å²) in [5.41, 5.74) is 0. The van der Waals surface area contributed by atoms with Crippen molar-refractivity contribution >= 4 is 52.3 Å². The second-order valence-electron chi connectivity index (χ2n) is 0.985. The van der Waals surface area contributed by atoms with Crippen molar-refractivity contribution in [2.75, 3.05) is 11.5 Å². The van der Waals surface area contributed by atoms with Gasteiger partial charge in [0.1, 0.15) is 0 Å². The molecule has 0 N–H and O–H groups in total. The van der Waals surface area contributed by atoms with Gasteiger partial charge >= 0.3 is 59.1 Å². The zero-order valence-corrected chi connectivity index (χ0v) is 8.21. The molecule has 0 aliphatic heterocycles. The molecule has 0 amide bonds. The van der Waals surface area contributed by atoms with Crippen LogP contribution in [0.3, 0.4) is 0 Å². The van der Waals surface area contributed by atoms with Crippen molar-refractivity contribution in [1.29, 1.82) is 0 Å². The van der Waals surface area contributed by atoms with Crippen LogP contribution in [0.2, 0.25) is 0 Å². The predicted molar refractivity (Wildman–Crippen MR) is 35.6 cm³/mol. The summed E-state index contributed by atoms with van der Waals surface area (Å²) in [5, 5.41) is 0. The normalized spacial score (nSPS) is 9.11. The fourth-order valence-electron chi connectivity index (χ4n) is 0.112. The van der Waals surface area contributed by atoms with Gasteiger partial charge in [-0.15, -0.1) is 0 Å². The summed E-state index contributed by atoms with van der Waals surface area (Å²) < 4.78 is 28.9. The summed E-state index contributed by atoms with van der Waals surface area (Å²) in [5.74, 6) is -0.276. The first-order valence-corrected chi connectivity index (χ1v) is 3.81. The Bertz CT molecular complexity index is 131. The molecule has 46 valence electrons. The molecular formula is C2H6Na2O3S2. The molecule has 0 aromatic heterocycles. The molecule has 0 bridgehead atoms. The Labute approximate surface area is 105 Å². The van der Waals surface area contributed by atoms with Crippen LogP contribution in [-0.2, 0) is 10.1 Å². The number of rotatable bonds is 2. The fraction of sp³-hybridized carbons (Fsp3) is 1.00. The van der Waals surface area contributed by atoms with Gasteiger partial charge in [-0.25, -0.2) is 8.42 Å². The van der Waals surface area contributed by atoms with E-state index in [1.807, 2.05) is 0 Å². The molecule has 0 aromatic rings. The molecule has 9 heavy (non-hydrogen) atoms. The maximum absolute atomic E-state index is 9.63. The van der Waals surface area contributed by atoms with Crippen LogP contribution in [0, 0.1) is 0 Å². The van der Waals surface area contributed by atoms with Gasteiger partial charge in [-0.05, 0) is 0 Å². The van der Waals surface area contributed by atoms with E-state index in [4.69, 9.17) is 0 Å². The molecule has 0 fully saturated rings. The molecule has 3 nitrogen and oxygen atoms in total. The summed E-state index contributed by atoms with van der Waals surface area (Å²) in [4.78, 5) is 0. The van der Waals surface area contributed by atoms with Crippen molar-refractivity contribution in [3.63, 3.8) is 0 Å². The van der Waals surface area contributed by atoms with Crippen LogP contribution in [0.5, 0.6) is 0 Å². The van der Waals surface area contributed by atoms with Crippen molar-refractivity contribution in [2.45, 2.75) is 0 Å². The van der Waals surface area contributed by atoms with E-state index in [1.165, 1.54) is 0 Å². The van der Waals surface area contributed by atoms with Crippen molar-refractivity contribution in [3.05, 3.63) is 0 Å². The molecule has 0 heterocycles. The van der Waals surface area contributed by atoms with Crippen LogP contribution in [0.15, 0.2) is 0 Å². The third-order valence-electron chi connectivity index (χ3n) is 0.341. The fourth-order valence-corrected chi connectivity index (χ4v) is 1.01. The summed E-state index contributed by atoms with van der Waals surface area (Å²) in [6.45, 7) is 0. The number of hydrogen-bond donors (Lipinski definition) is 1. The topological polar surface area (TPSA) is 57.2 Å². The summed E-state index contributed by atoms with van der Waals surface area (Å²) in [6.07, 6.45) is 0. The second kappa shape index (κ2) is 8.36. The van der Waals surface area contributed by atoms with Crippen molar-refractivity contribution in [3.8, 4) is 0 Å². The maximum atomic E-state index is 9.63. The average Bonchev–Trinajstić information content (AvgIpc) is 1.30. The van der Waals surface area contributed by atoms with Gasteiger partial charge in [0.25, 0.3) is 0 Å². The zero-order valence-electron chi connectivity index (χ0n) is 4.49. The molecule has 0 aliphatic carbocycles. The van der Waals surface area contributed by atoms with Crippen molar-refractivity contribution in [2.24, 2.45) is 0 Å². The van der Waals surface area contributed by atoms with Gasteiger partial charge < -0.3 is 4.55 Å². The minimum absolute atomic E-state index is 0. The molecule has 0 saturated carbocycles. The minimum atomic E-state index is -4.00. The Hall–Kier alpha value is 2.26. The van der Waals surface area contributed by atoms with Gasteiger partial charge in [-0.3, -0.25) is 0 Å². The van der Waals surface area contributed by atoms with E-state index in [1.54, 1.807) is 0 Å². The van der Waals surface area contributed by atoms with Crippen molar-refractivity contribution < 1.29 is 42.5 Å². The van der Waals surface area contributed by atoms with Crippen LogP contribution in [0.4, 0.5) is 0 Å². The molecule has 0 aliphatic rings. The van der Waals surface area contributed by atoms with E-state index in [9.17, 15) is 13.0 Å². The Morgan fingerprint density at radius 1 is 1.44 bits per heavy atom. The summed E-state index contributed by atoms with van der Waals surface area (Å²) in [7, 11) is -4.00. The Kier molecular flexibility index (Phi) is 16.1. The summed E-state index contributed by atoms with van der Waals surface area (Å²) >= 11 is 3.53. The van der Waals surface area contributed by atoms with Crippen LogP contribution < -0.4 is 29.6 Å². The van der Waals surface area contributed by atoms with E-state index < -0.39 is 10.1 Å². The number of hydrogen-bond acceptors (Lipinski definition) is 4. The molecular weight excluding hydrogens is 182 g/mol. The quantitative estimate of drug-likeness (QED) is 0.272. The van der Waals surface area contributed by atoms with Gasteiger partial charge in [-0.2, -0.15) is 12.6 Å². The Balaban J connectivity index is -0.000000180. The van der Waals surface area contributed by atoms with Crippen LogP contribution in [0.1, 0.15) is 0 Å². The van der Waals surface area contributed by atoms with E-state index in [2.05, 4.69) is 12.6 Å². The molecule has 0 rings (SSSR count). The van der Waals surface area contributed by atoms with Crippen LogP contribution in [0.25, 0.3) is 0 Å². The Morgan fingerprint density at radius 3 is 1.78 bits per heavy atom. The van der Waals surface area contributed by atoms with Crippen LogP contribution >= 0.6 is 12.6 Å².